The molecule has 3 rings (SSSR count). The van der Waals surface area contributed by atoms with Gasteiger partial charge in [0.25, 0.3) is 5.91 Å². The number of halogens is 1. The molecular formula is C21H25FN2O3. The van der Waals surface area contributed by atoms with Gasteiger partial charge in [0.05, 0.1) is 19.4 Å². The highest BCUT2D eigenvalue weighted by Crippen LogP contribution is 2.26. The van der Waals surface area contributed by atoms with Crippen LogP contribution in [0.25, 0.3) is 0 Å². The molecule has 1 saturated heterocycles. The lowest BCUT2D eigenvalue weighted by molar-refractivity contribution is 0.102. The van der Waals surface area contributed by atoms with E-state index < -0.39 is 5.82 Å². The van der Waals surface area contributed by atoms with Crippen molar-refractivity contribution in [3.05, 3.63) is 53.3 Å². The van der Waals surface area contributed by atoms with E-state index in [1.807, 2.05) is 13.0 Å². The summed E-state index contributed by atoms with van der Waals surface area (Å²) < 4.78 is 24.9. The molecule has 1 fully saturated rings. The van der Waals surface area contributed by atoms with Crippen LogP contribution in [0.3, 0.4) is 0 Å². The molecule has 0 saturated carbocycles. The zero-order valence-electron chi connectivity index (χ0n) is 15.7. The van der Waals surface area contributed by atoms with Crippen LogP contribution in [-0.4, -0.2) is 32.7 Å². The quantitative estimate of drug-likeness (QED) is 0.779. The highest BCUT2D eigenvalue weighted by atomic mass is 19.1. The Labute approximate surface area is 158 Å². The van der Waals surface area contributed by atoms with E-state index in [0.717, 1.165) is 37.2 Å². The van der Waals surface area contributed by atoms with Gasteiger partial charge in [-0.3, -0.25) is 4.79 Å². The third-order valence-electron chi connectivity index (χ3n) is 4.71. The summed E-state index contributed by atoms with van der Waals surface area (Å²) in [5.74, 6) is 0.850. The number of hydrogen-bond acceptors (Lipinski definition) is 4. The second kappa shape index (κ2) is 8.86. The lowest BCUT2D eigenvalue weighted by Gasteiger charge is -2.14. The maximum absolute atomic E-state index is 14.2. The average Bonchev–Trinajstić information content (AvgIpc) is 3.17. The SMILES string of the molecule is CCOc1ccc(NC(=O)c2ccc(OC)c(CC3CCNC3)c2)c(F)c1. The highest BCUT2D eigenvalue weighted by molar-refractivity contribution is 6.04. The average molecular weight is 372 g/mol. The van der Waals surface area contributed by atoms with Crippen LogP contribution in [0.5, 0.6) is 11.5 Å². The molecule has 2 aromatic rings. The van der Waals surface area contributed by atoms with Gasteiger partial charge >= 0.3 is 0 Å². The predicted octanol–water partition coefficient (Wildman–Crippen LogP) is 3.64. The van der Waals surface area contributed by atoms with Crippen molar-refractivity contribution >= 4 is 11.6 Å². The van der Waals surface area contributed by atoms with Gasteiger partial charge in [0, 0.05) is 11.6 Å². The molecule has 1 heterocycles. The van der Waals surface area contributed by atoms with Gasteiger partial charge in [-0.15, -0.1) is 0 Å². The zero-order chi connectivity index (χ0) is 19.2. The van der Waals surface area contributed by atoms with Gasteiger partial charge in [0.1, 0.15) is 17.3 Å². The first-order chi connectivity index (χ1) is 13.1. The number of methoxy groups -OCH3 is 1. The molecular weight excluding hydrogens is 347 g/mol. The first-order valence-corrected chi connectivity index (χ1v) is 9.22. The van der Waals surface area contributed by atoms with Gasteiger partial charge in [-0.1, -0.05) is 0 Å². The Morgan fingerprint density at radius 3 is 2.81 bits per heavy atom. The summed E-state index contributed by atoms with van der Waals surface area (Å²) in [5.41, 5.74) is 1.59. The van der Waals surface area contributed by atoms with E-state index in [-0.39, 0.29) is 11.6 Å². The molecule has 2 N–H and O–H groups in total. The van der Waals surface area contributed by atoms with Crippen molar-refractivity contribution in [1.29, 1.82) is 0 Å². The molecule has 1 amide bonds. The van der Waals surface area contributed by atoms with Crippen LogP contribution in [0.15, 0.2) is 36.4 Å². The monoisotopic (exact) mass is 372 g/mol. The number of benzene rings is 2. The maximum Gasteiger partial charge on any atom is 0.255 e. The van der Waals surface area contributed by atoms with E-state index in [2.05, 4.69) is 10.6 Å². The van der Waals surface area contributed by atoms with Crippen LogP contribution >= 0.6 is 0 Å². The third kappa shape index (κ3) is 4.77. The number of anilines is 1. The van der Waals surface area contributed by atoms with Crippen molar-refractivity contribution in [2.24, 2.45) is 5.92 Å². The fourth-order valence-corrected chi connectivity index (χ4v) is 3.33. The van der Waals surface area contributed by atoms with Crippen molar-refractivity contribution in [2.75, 3.05) is 32.1 Å². The molecule has 6 heteroatoms. The minimum absolute atomic E-state index is 0.126. The summed E-state index contributed by atoms with van der Waals surface area (Å²) in [7, 11) is 1.63. The van der Waals surface area contributed by atoms with E-state index in [9.17, 15) is 9.18 Å². The van der Waals surface area contributed by atoms with E-state index in [1.165, 1.54) is 12.1 Å². The van der Waals surface area contributed by atoms with Gasteiger partial charge in [-0.2, -0.15) is 0 Å². The Bertz CT molecular complexity index is 804. The normalized spacial score (nSPS) is 16.2. The molecule has 2 aromatic carbocycles. The van der Waals surface area contributed by atoms with Gasteiger partial charge in [-0.05, 0) is 74.7 Å². The summed E-state index contributed by atoms with van der Waals surface area (Å²) >= 11 is 0. The van der Waals surface area contributed by atoms with Crippen LogP contribution in [0, 0.1) is 11.7 Å². The van der Waals surface area contributed by atoms with Crippen molar-refractivity contribution in [1.82, 2.24) is 5.32 Å². The molecule has 1 unspecified atom stereocenters. The summed E-state index contributed by atoms with van der Waals surface area (Å²) in [6.07, 6.45) is 1.95. The van der Waals surface area contributed by atoms with Crippen LogP contribution < -0.4 is 20.1 Å². The zero-order valence-corrected chi connectivity index (χ0v) is 15.7. The molecule has 5 nitrogen and oxygen atoms in total. The Balaban J connectivity index is 1.76. The Morgan fingerprint density at radius 1 is 1.30 bits per heavy atom. The van der Waals surface area contributed by atoms with E-state index in [4.69, 9.17) is 9.47 Å². The second-order valence-electron chi connectivity index (χ2n) is 6.62. The smallest absolute Gasteiger partial charge is 0.255 e. The first-order valence-electron chi connectivity index (χ1n) is 9.22. The molecule has 1 atom stereocenters. The van der Waals surface area contributed by atoms with Gasteiger partial charge in [0.15, 0.2) is 0 Å². The van der Waals surface area contributed by atoms with Crippen LogP contribution in [0.1, 0.15) is 29.3 Å². The van der Waals surface area contributed by atoms with Crippen molar-refractivity contribution in [3.63, 3.8) is 0 Å². The summed E-state index contributed by atoms with van der Waals surface area (Å²) in [4.78, 5) is 12.6. The van der Waals surface area contributed by atoms with Gasteiger partial charge in [0.2, 0.25) is 0 Å². The molecule has 27 heavy (non-hydrogen) atoms. The Hall–Kier alpha value is -2.60. The van der Waals surface area contributed by atoms with Crippen LogP contribution in [0.2, 0.25) is 0 Å². The van der Waals surface area contributed by atoms with E-state index >= 15 is 0 Å². The predicted molar refractivity (Wildman–Crippen MR) is 103 cm³/mol. The number of carbonyl (C=O) groups excluding carboxylic acids is 1. The first kappa shape index (κ1) is 19.2. The van der Waals surface area contributed by atoms with E-state index in [0.29, 0.717) is 23.8 Å². The van der Waals surface area contributed by atoms with Crippen LogP contribution in [-0.2, 0) is 6.42 Å². The molecule has 1 aliphatic rings. The molecule has 144 valence electrons. The molecule has 0 aliphatic carbocycles. The summed E-state index contributed by atoms with van der Waals surface area (Å²) in [6.45, 7) is 4.27. The van der Waals surface area contributed by atoms with Crippen molar-refractivity contribution < 1.29 is 18.7 Å². The number of hydrogen-bond donors (Lipinski definition) is 2. The number of amides is 1. The molecule has 0 bridgehead atoms. The molecule has 1 aliphatic heterocycles. The third-order valence-corrected chi connectivity index (χ3v) is 4.71. The molecule has 0 spiro atoms. The number of nitrogens with one attached hydrogen (secondary N) is 2. The fourth-order valence-electron chi connectivity index (χ4n) is 3.33. The summed E-state index contributed by atoms with van der Waals surface area (Å²) in [5, 5.41) is 5.98. The largest absolute Gasteiger partial charge is 0.496 e. The minimum atomic E-state index is -0.528. The number of carbonyl (C=O) groups is 1. The van der Waals surface area contributed by atoms with Gasteiger partial charge < -0.3 is 20.1 Å². The topological polar surface area (TPSA) is 59.6 Å². The van der Waals surface area contributed by atoms with Crippen LogP contribution in [0.4, 0.5) is 10.1 Å². The lowest BCUT2D eigenvalue weighted by Crippen LogP contribution is -2.15. The number of rotatable bonds is 7. The maximum atomic E-state index is 14.2. The fraction of sp³-hybridized carbons (Fsp3) is 0.381. The number of ether oxygens (including phenoxy) is 2. The van der Waals surface area contributed by atoms with Gasteiger partial charge in [-0.25, -0.2) is 4.39 Å². The minimum Gasteiger partial charge on any atom is -0.496 e. The lowest BCUT2D eigenvalue weighted by atomic mass is 9.96. The Morgan fingerprint density at radius 2 is 2.15 bits per heavy atom. The van der Waals surface area contributed by atoms with E-state index in [1.54, 1.807) is 25.3 Å². The van der Waals surface area contributed by atoms with Crippen molar-refractivity contribution in [2.45, 2.75) is 19.8 Å². The Kier molecular flexibility index (Phi) is 6.29. The molecule has 0 aromatic heterocycles. The standard InChI is InChI=1S/C21H25FN2O3/c1-3-27-17-5-6-19(18(22)12-17)24-21(25)15-4-7-20(26-2)16(11-15)10-14-8-9-23-13-14/h4-7,11-12,14,23H,3,8-10,13H2,1-2H3,(H,24,25). The second-order valence-corrected chi connectivity index (χ2v) is 6.62. The summed E-state index contributed by atoms with van der Waals surface area (Å²) in [6, 6.07) is 9.73. The molecule has 0 radical (unpaired) electrons. The van der Waals surface area contributed by atoms with Crippen molar-refractivity contribution in [3.8, 4) is 11.5 Å². The highest BCUT2D eigenvalue weighted by Gasteiger charge is 2.19.